The van der Waals surface area contributed by atoms with Gasteiger partial charge in [0, 0.05) is 13.2 Å². The molecule has 2 rings (SSSR count). The zero-order chi connectivity index (χ0) is 11.5. The van der Waals surface area contributed by atoms with Crippen LogP contribution >= 0.6 is 11.6 Å². The van der Waals surface area contributed by atoms with E-state index in [-0.39, 0.29) is 0 Å². The summed E-state index contributed by atoms with van der Waals surface area (Å²) in [5, 5.41) is 0.491. The lowest BCUT2D eigenvalue weighted by Crippen LogP contribution is -2.08. The molecular formula is C11H14ClN3O. The van der Waals surface area contributed by atoms with E-state index < -0.39 is 0 Å². The summed E-state index contributed by atoms with van der Waals surface area (Å²) < 4.78 is 7.36. The number of halogens is 1. The number of rotatable bonds is 4. The summed E-state index contributed by atoms with van der Waals surface area (Å²) >= 11 is 5.88. The fourth-order valence-electron chi connectivity index (χ4n) is 1.66. The average molecular weight is 240 g/mol. The van der Waals surface area contributed by atoms with Gasteiger partial charge in [0.2, 0.25) is 0 Å². The van der Waals surface area contributed by atoms with Crippen LogP contribution in [0.15, 0.2) is 12.1 Å². The number of aryl methyl sites for hydroxylation is 1. The SMILES string of the molecule is CCOCCn1c(C)nc2ccc(Cl)nc21. The maximum absolute atomic E-state index is 5.88. The normalized spacial score (nSPS) is 11.2. The third-order valence-electron chi connectivity index (χ3n) is 2.41. The molecule has 0 saturated carbocycles. The molecule has 0 N–H and O–H groups in total. The zero-order valence-corrected chi connectivity index (χ0v) is 10.2. The van der Waals surface area contributed by atoms with Crippen molar-refractivity contribution < 1.29 is 4.74 Å². The third kappa shape index (κ3) is 2.18. The van der Waals surface area contributed by atoms with Gasteiger partial charge in [-0.15, -0.1) is 0 Å². The van der Waals surface area contributed by atoms with E-state index in [2.05, 4.69) is 9.97 Å². The Kier molecular flexibility index (Phi) is 3.41. The van der Waals surface area contributed by atoms with Crippen LogP contribution in [0.2, 0.25) is 5.15 Å². The van der Waals surface area contributed by atoms with Gasteiger partial charge in [0.15, 0.2) is 5.65 Å². The van der Waals surface area contributed by atoms with Crippen LogP contribution in [0.5, 0.6) is 0 Å². The van der Waals surface area contributed by atoms with Gasteiger partial charge in [-0.1, -0.05) is 11.6 Å². The molecule has 0 fully saturated rings. The van der Waals surface area contributed by atoms with E-state index in [1.807, 2.05) is 24.5 Å². The molecule has 0 aliphatic heterocycles. The van der Waals surface area contributed by atoms with Crippen molar-refractivity contribution in [3.8, 4) is 0 Å². The van der Waals surface area contributed by atoms with E-state index in [4.69, 9.17) is 16.3 Å². The topological polar surface area (TPSA) is 39.9 Å². The molecule has 2 heterocycles. The first-order valence-electron chi connectivity index (χ1n) is 5.29. The number of aromatic nitrogens is 3. The summed E-state index contributed by atoms with van der Waals surface area (Å²) in [5.41, 5.74) is 1.70. The monoisotopic (exact) mass is 239 g/mol. The molecule has 0 bridgehead atoms. The maximum Gasteiger partial charge on any atom is 0.161 e. The molecule has 0 aliphatic carbocycles. The summed E-state index contributed by atoms with van der Waals surface area (Å²) in [5.74, 6) is 0.935. The average Bonchev–Trinajstić information content (AvgIpc) is 2.56. The molecule has 0 aromatic carbocycles. The number of hydrogen-bond donors (Lipinski definition) is 0. The number of pyridine rings is 1. The van der Waals surface area contributed by atoms with Crippen LogP contribution in [0.1, 0.15) is 12.7 Å². The van der Waals surface area contributed by atoms with Crippen molar-refractivity contribution in [2.45, 2.75) is 20.4 Å². The Labute approximate surface area is 99.2 Å². The quantitative estimate of drug-likeness (QED) is 0.608. The van der Waals surface area contributed by atoms with Gasteiger partial charge in [-0.2, -0.15) is 0 Å². The van der Waals surface area contributed by atoms with Gasteiger partial charge in [-0.05, 0) is 26.0 Å². The number of fused-ring (bicyclic) bond motifs is 1. The molecule has 0 unspecified atom stereocenters. The van der Waals surface area contributed by atoms with Crippen LogP contribution in [0.3, 0.4) is 0 Å². The van der Waals surface area contributed by atoms with Gasteiger partial charge in [0.05, 0.1) is 6.61 Å². The fraction of sp³-hybridized carbons (Fsp3) is 0.455. The maximum atomic E-state index is 5.88. The number of hydrogen-bond acceptors (Lipinski definition) is 3. The van der Waals surface area contributed by atoms with Crippen molar-refractivity contribution in [3.63, 3.8) is 0 Å². The van der Waals surface area contributed by atoms with Crippen LogP contribution in [0, 0.1) is 6.92 Å². The second kappa shape index (κ2) is 4.80. The highest BCUT2D eigenvalue weighted by Crippen LogP contribution is 2.16. The zero-order valence-electron chi connectivity index (χ0n) is 9.40. The molecule has 2 aromatic rings. The van der Waals surface area contributed by atoms with Crippen LogP contribution in [-0.2, 0) is 11.3 Å². The Morgan fingerprint density at radius 2 is 2.19 bits per heavy atom. The minimum atomic E-state index is 0.491. The van der Waals surface area contributed by atoms with Gasteiger partial charge < -0.3 is 9.30 Å². The van der Waals surface area contributed by atoms with E-state index in [1.54, 1.807) is 6.07 Å². The van der Waals surface area contributed by atoms with Crippen LogP contribution in [0.4, 0.5) is 0 Å². The minimum absolute atomic E-state index is 0.491. The smallest absolute Gasteiger partial charge is 0.161 e. The van der Waals surface area contributed by atoms with Gasteiger partial charge >= 0.3 is 0 Å². The lowest BCUT2D eigenvalue weighted by atomic mass is 10.4. The van der Waals surface area contributed by atoms with Crippen molar-refractivity contribution in [1.29, 1.82) is 0 Å². The highest BCUT2D eigenvalue weighted by molar-refractivity contribution is 6.29. The Morgan fingerprint density at radius 3 is 2.94 bits per heavy atom. The van der Waals surface area contributed by atoms with Gasteiger partial charge in [-0.3, -0.25) is 0 Å². The summed E-state index contributed by atoms with van der Waals surface area (Å²) in [4.78, 5) is 8.70. The Morgan fingerprint density at radius 1 is 1.38 bits per heavy atom. The highest BCUT2D eigenvalue weighted by atomic mass is 35.5. The van der Waals surface area contributed by atoms with Crippen molar-refractivity contribution in [2.24, 2.45) is 0 Å². The molecule has 86 valence electrons. The molecular weight excluding hydrogens is 226 g/mol. The van der Waals surface area contributed by atoms with Gasteiger partial charge in [-0.25, -0.2) is 9.97 Å². The van der Waals surface area contributed by atoms with E-state index in [1.165, 1.54) is 0 Å². The van der Waals surface area contributed by atoms with E-state index >= 15 is 0 Å². The second-order valence-electron chi connectivity index (χ2n) is 3.48. The Bertz CT molecular complexity index is 495. The summed E-state index contributed by atoms with van der Waals surface area (Å²) in [6, 6.07) is 3.64. The van der Waals surface area contributed by atoms with E-state index in [0.717, 1.165) is 30.1 Å². The molecule has 4 nitrogen and oxygen atoms in total. The van der Waals surface area contributed by atoms with E-state index in [0.29, 0.717) is 11.8 Å². The third-order valence-corrected chi connectivity index (χ3v) is 2.62. The molecule has 0 amide bonds. The molecule has 5 heteroatoms. The Hall–Kier alpha value is -1.13. The molecule has 0 atom stereocenters. The lowest BCUT2D eigenvalue weighted by molar-refractivity contribution is 0.139. The summed E-state index contributed by atoms with van der Waals surface area (Å²) in [6.45, 7) is 6.08. The van der Waals surface area contributed by atoms with Crippen LogP contribution in [0.25, 0.3) is 11.2 Å². The first-order chi connectivity index (χ1) is 7.72. The van der Waals surface area contributed by atoms with E-state index in [9.17, 15) is 0 Å². The molecule has 0 aliphatic rings. The largest absolute Gasteiger partial charge is 0.380 e. The molecule has 0 radical (unpaired) electrons. The van der Waals surface area contributed by atoms with Crippen LogP contribution in [-0.4, -0.2) is 27.7 Å². The number of ether oxygens (including phenoxy) is 1. The van der Waals surface area contributed by atoms with Gasteiger partial charge in [0.1, 0.15) is 16.5 Å². The number of imidazole rings is 1. The highest BCUT2D eigenvalue weighted by Gasteiger charge is 2.08. The minimum Gasteiger partial charge on any atom is -0.380 e. The first-order valence-corrected chi connectivity index (χ1v) is 5.67. The predicted octanol–water partition coefficient (Wildman–Crippen LogP) is 2.43. The summed E-state index contributed by atoms with van der Waals surface area (Å²) in [6.07, 6.45) is 0. The standard InChI is InChI=1S/C11H14ClN3O/c1-3-16-7-6-15-8(2)13-9-4-5-10(12)14-11(9)15/h4-5H,3,6-7H2,1-2H3. The second-order valence-corrected chi connectivity index (χ2v) is 3.87. The molecule has 0 spiro atoms. The molecule has 2 aromatic heterocycles. The van der Waals surface area contributed by atoms with Crippen molar-refractivity contribution in [1.82, 2.24) is 14.5 Å². The van der Waals surface area contributed by atoms with Crippen molar-refractivity contribution >= 4 is 22.8 Å². The first kappa shape index (κ1) is 11.4. The number of nitrogens with zero attached hydrogens (tertiary/aromatic N) is 3. The Balaban J connectivity index is 2.34. The van der Waals surface area contributed by atoms with Crippen LogP contribution < -0.4 is 0 Å². The fourth-order valence-corrected chi connectivity index (χ4v) is 1.80. The predicted molar refractivity (Wildman–Crippen MR) is 63.8 cm³/mol. The van der Waals surface area contributed by atoms with Crippen molar-refractivity contribution in [3.05, 3.63) is 23.1 Å². The molecule has 16 heavy (non-hydrogen) atoms. The van der Waals surface area contributed by atoms with Gasteiger partial charge in [0.25, 0.3) is 0 Å². The molecule has 0 saturated heterocycles. The van der Waals surface area contributed by atoms with Crippen molar-refractivity contribution in [2.75, 3.05) is 13.2 Å². The summed E-state index contributed by atoms with van der Waals surface area (Å²) in [7, 11) is 0. The lowest BCUT2D eigenvalue weighted by Gasteiger charge is -2.05.